The van der Waals surface area contributed by atoms with Crippen LogP contribution in [0.2, 0.25) is 0 Å². The molecule has 1 saturated heterocycles. The van der Waals surface area contributed by atoms with E-state index in [1.54, 1.807) is 6.20 Å². The van der Waals surface area contributed by atoms with Gasteiger partial charge in [0, 0.05) is 32.4 Å². The molecule has 20 heavy (non-hydrogen) atoms. The summed E-state index contributed by atoms with van der Waals surface area (Å²) in [5.74, 6) is 0.991. The minimum Gasteiger partial charge on any atom is -0.353 e. The zero-order valence-corrected chi connectivity index (χ0v) is 11.5. The van der Waals surface area contributed by atoms with E-state index in [1.165, 1.54) is 0 Å². The SMILES string of the molecule is N#CC1(C(=O)N2CCN(c3ccccn3)CC2)CCC1. The van der Waals surface area contributed by atoms with Crippen LogP contribution in [0.5, 0.6) is 0 Å². The molecular weight excluding hydrogens is 252 g/mol. The van der Waals surface area contributed by atoms with Gasteiger partial charge in [-0.3, -0.25) is 4.79 Å². The van der Waals surface area contributed by atoms with Gasteiger partial charge in [0.05, 0.1) is 6.07 Å². The number of nitrogens with zero attached hydrogens (tertiary/aromatic N) is 4. The van der Waals surface area contributed by atoms with Crippen molar-refractivity contribution < 1.29 is 4.79 Å². The van der Waals surface area contributed by atoms with Crippen molar-refractivity contribution in [3.63, 3.8) is 0 Å². The maximum absolute atomic E-state index is 12.4. The third kappa shape index (κ3) is 2.11. The average Bonchev–Trinajstić information content (AvgIpc) is 2.48. The Hall–Kier alpha value is -2.09. The van der Waals surface area contributed by atoms with Gasteiger partial charge in [0.15, 0.2) is 0 Å². The number of aromatic nitrogens is 1. The molecule has 0 aromatic carbocycles. The second-order valence-electron chi connectivity index (χ2n) is 5.51. The highest BCUT2D eigenvalue weighted by molar-refractivity contribution is 5.86. The summed E-state index contributed by atoms with van der Waals surface area (Å²) in [6.07, 6.45) is 4.23. The van der Waals surface area contributed by atoms with Crippen molar-refractivity contribution in [2.75, 3.05) is 31.1 Å². The first-order chi connectivity index (χ1) is 9.75. The van der Waals surface area contributed by atoms with Gasteiger partial charge in [0.2, 0.25) is 5.91 Å². The number of amides is 1. The fraction of sp³-hybridized carbons (Fsp3) is 0.533. The van der Waals surface area contributed by atoms with Crippen LogP contribution >= 0.6 is 0 Å². The standard InChI is InChI=1S/C15H18N4O/c16-12-15(5-3-6-15)14(20)19-10-8-18(9-11-19)13-4-1-2-7-17-13/h1-2,4,7H,3,5-6,8-11H2. The molecule has 0 unspecified atom stereocenters. The van der Waals surface area contributed by atoms with Gasteiger partial charge in [-0.15, -0.1) is 0 Å². The molecule has 0 atom stereocenters. The molecular formula is C15H18N4O. The van der Waals surface area contributed by atoms with Gasteiger partial charge in [-0.2, -0.15) is 5.26 Å². The van der Waals surface area contributed by atoms with Crippen LogP contribution in [0.1, 0.15) is 19.3 Å². The molecule has 0 spiro atoms. The van der Waals surface area contributed by atoms with Gasteiger partial charge in [0.25, 0.3) is 0 Å². The first-order valence-corrected chi connectivity index (χ1v) is 7.12. The molecule has 1 amide bonds. The maximum atomic E-state index is 12.4. The predicted octanol–water partition coefficient (Wildman–Crippen LogP) is 1.42. The summed E-state index contributed by atoms with van der Waals surface area (Å²) < 4.78 is 0. The Labute approximate surface area is 118 Å². The van der Waals surface area contributed by atoms with E-state index in [2.05, 4.69) is 16.0 Å². The molecule has 2 heterocycles. The van der Waals surface area contributed by atoms with E-state index >= 15 is 0 Å². The predicted molar refractivity (Wildman–Crippen MR) is 74.9 cm³/mol. The summed E-state index contributed by atoms with van der Waals surface area (Å²) in [7, 11) is 0. The van der Waals surface area contributed by atoms with Crippen molar-refractivity contribution in [3.8, 4) is 6.07 Å². The summed E-state index contributed by atoms with van der Waals surface area (Å²) in [5, 5.41) is 9.25. The normalized spacial score (nSPS) is 20.9. The Morgan fingerprint density at radius 2 is 2.00 bits per heavy atom. The van der Waals surface area contributed by atoms with Crippen LogP contribution in [0.25, 0.3) is 0 Å². The Balaban J connectivity index is 1.62. The van der Waals surface area contributed by atoms with Crippen LogP contribution in [0, 0.1) is 16.7 Å². The van der Waals surface area contributed by atoms with Crippen LogP contribution in [-0.4, -0.2) is 42.0 Å². The first-order valence-electron chi connectivity index (χ1n) is 7.12. The molecule has 5 heteroatoms. The van der Waals surface area contributed by atoms with Gasteiger partial charge in [-0.05, 0) is 31.4 Å². The van der Waals surface area contributed by atoms with Gasteiger partial charge >= 0.3 is 0 Å². The number of carbonyl (C=O) groups is 1. The molecule has 1 aromatic heterocycles. The molecule has 1 saturated carbocycles. The minimum atomic E-state index is -0.715. The molecule has 104 valence electrons. The molecule has 5 nitrogen and oxygen atoms in total. The number of anilines is 1. The lowest BCUT2D eigenvalue weighted by atomic mass is 9.69. The summed E-state index contributed by atoms with van der Waals surface area (Å²) in [6.45, 7) is 2.92. The van der Waals surface area contributed by atoms with Crippen molar-refractivity contribution in [2.45, 2.75) is 19.3 Å². The third-order valence-electron chi connectivity index (χ3n) is 4.37. The third-order valence-corrected chi connectivity index (χ3v) is 4.37. The van der Waals surface area contributed by atoms with Crippen LogP contribution in [-0.2, 0) is 4.79 Å². The van der Waals surface area contributed by atoms with Crippen LogP contribution < -0.4 is 4.90 Å². The number of hydrogen-bond acceptors (Lipinski definition) is 4. The Morgan fingerprint density at radius 3 is 2.50 bits per heavy atom. The number of hydrogen-bond donors (Lipinski definition) is 0. The lowest BCUT2D eigenvalue weighted by Gasteiger charge is -2.42. The Kier molecular flexibility index (Phi) is 3.31. The van der Waals surface area contributed by atoms with Crippen LogP contribution in [0.3, 0.4) is 0 Å². The number of carbonyl (C=O) groups excluding carboxylic acids is 1. The smallest absolute Gasteiger partial charge is 0.243 e. The summed E-state index contributed by atoms with van der Waals surface area (Å²) in [4.78, 5) is 20.8. The number of nitriles is 1. The Morgan fingerprint density at radius 1 is 1.25 bits per heavy atom. The largest absolute Gasteiger partial charge is 0.353 e. The van der Waals surface area contributed by atoms with E-state index in [0.717, 1.165) is 38.2 Å². The summed E-state index contributed by atoms with van der Waals surface area (Å²) in [6, 6.07) is 8.09. The minimum absolute atomic E-state index is 0.0342. The molecule has 1 aliphatic heterocycles. The highest BCUT2D eigenvalue weighted by Gasteiger charge is 2.47. The van der Waals surface area contributed by atoms with Gasteiger partial charge in [0.1, 0.15) is 11.2 Å². The van der Waals surface area contributed by atoms with Gasteiger partial charge < -0.3 is 9.80 Å². The zero-order valence-electron chi connectivity index (χ0n) is 11.5. The molecule has 1 aliphatic carbocycles. The molecule has 3 rings (SSSR count). The second-order valence-corrected chi connectivity index (χ2v) is 5.51. The van der Waals surface area contributed by atoms with Crippen LogP contribution in [0.15, 0.2) is 24.4 Å². The molecule has 0 N–H and O–H groups in total. The van der Waals surface area contributed by atoms with E-state index in [-0.39, 0.29) is 5.91 Å². The van der Waals surface area contributed by atoms with E-state index in [4.69, 9.17) is 0 Å². The van der Waals surface area contributed by atoms with Gasteiger partial charge in [-0.1, -0.05) is 6.07 Å². The number of rotatable bonds is 2. The quantitative estimate of drug-likeness (QED) is 0.815. The van der Waals surface area contributed by atoms with E-state index < -0.39 is 5.41 Å². The first kappa shape index (κ1) is 12.9. The van der Waals surface area contributed by atoms with Crippen molar-refractivity contribution in [1.82, 2.24) is 9.88 Å². The summed E-state index contributed by atoms with van der Waals surface area (Å²) in [5.41, 5.74) is -0.715. The van der Waals surface area contributed by atoms with E-state index in [9.17, 15) is 10.1 Å². The zero-order chi connectivity index (χ0) is 14.0. The fourth-order valence-corrected chi connectivity index (χ4v) is 2.89. The van der Waals surface area contributed by atoms with Crippen LogP contribution in [0.4, 0.5) is 5.82 Å². The average molecular weight is 270 g/mol. The molecule has 2 fully saturated rings. The monoisotopic (exact) mass is 270 g/mol. The molecule has 0 radical (unpaired) electrons. The molecule has 2 aliphatic rings. The number of piperazine rings is 1. The molecule has 1 aromatic rings. The van der Waals surface area contributed by atoms with E-state index in [0.29, 0.717) is 13.1 Å². The molecule has 0 bridgehead atoms. The second kappa shape index (κ2) is 5.12. The van der Waals surface area contributed by atoms with Crippen molar-refractivity contribution in [1.29, 1.82) is 5.26 Å². The highest BCUT2D eigenvalue weighted by Crippen LogP contribution is 2.42. The van der Waals surface area contributed by atoms with Gasteiger partial charge in [-0.25, -0.2) is 4.98 Å². The Bertz CT molecular complexity index is 525. The van der Waals surface area contributed by atoms with Crippen molar-refractivity contribution >= 4 is 11.7 Å². The topological polar surface area (TPSA) is 60.2 Å². The van der Waals surface area contributed by atoms with E-state index in [1.807, 2.05) is 23.1 Å². The summed E-state index contributed by atoms with van der Waals surface area (Å²) >= 11 is 0. The lowest BCUT2D eigenvalue weighted by Crippen LogP contribution is -2.54. The highest BCUT2D eigenvalue weighted by atomic mass is 16.2. The maximum Gasteiger partial charge on any atom is 0.243 e. The fourth-order valence-electron chi connectivity index (χ4n) is 2.89. The van der Waals surface area contributed by atoms with Crippen molar-refractivity contribution in [3.05, 3.63) is 24.4 Å². The van der Waals surface area contributed by atoms with Crippen molar-refractivity contribution in [2.24, 2.45) is 5.41 Å². The lowest BCUT2D eigenvalue weighted by molar-refractivity contribution is -0.143. The number of pyridine rings is 1.